The summed E-state index contributed by atoms with van der Waals surface area (Å²) in [6.45, 7) is 1.45. The molecule has 0 fully saturated rings. The van der Waals surface area contributed by atoms with Crippen LogP contribution in [0.15, 0.2) is 63.5 Å². The lowest BCUT2D eigenvalue weighted by molar-refractivity contribution is -0.114. The number of amides is 2. The van der Waals surface area contributed by atoms with Gasteiger partial charge in [-0.2, -0.15) is 0 Å². The SMILES string of the molecule is CC(=O)Nc1ccc2nc(NC(=O)c3ccc(-c4ccc(Br)cc4)o3)sc2c1. The van der Waals surface area contributed by atoms with E-state index in [9.17, 15) is 9.59 Å². The first-order chi connectivity index (χ1) is 13.5. The third-order valence-corrected chi connectivity index (χ3v) is 5.35. The van der Waals surface area contributed by atoms with Crippen LogP contribution in [0.25, 0.3) is 21.5 Å². The maximum absolute atomic E-state index is 12.5. The van der Waals surface area contributed by atoms with Crippen LogP contribution in [-0.2, 0) is 4.79 Å². The molecule has 0 aliphatic carbocycles. The summed E-state index contributed by atoms with van der Waals surface area (Å²) < 4.78 is 7.51. The molecule has 4 rings (SSSR count). The van der Waals surface area contributed by atoms with Crippen molar-refractivity contribution < 1.29 is 14.0 Å². The van der Waals surface area contributed by atoms with Gasteiger partial charge < -0.3 is 9.73 Å². The summed E-state index contributed by atoms with van der Waals surface area (Å²) in [5.41, 5.74) is 2.31. The van der Waals surface area contributed by atoms with Gasteiger partial charge in [0.25, 0.3) is 5.91 Å². The summed E-state index contributed by atoms with van der Waals surface area (Å²) in [5, 5.41) is 5.95. The summed E-state index contributed by atoms with van der Waals surface area (Å²) in [6, 6.07) is 16.4. The van der Waals surface area contributed by atoms with Crippen LogP contribution in [0.4, 0.5) is 10.8 Å². The van der Waals surface area contributed by atoms with Crippen LogP contribution >= 0.6 is 27.3 Å². The molecule has 28 heavy (non-hydrogen) atoms. The van der Waals surface area contributed by atoms with E-state index in [1.165, 1.54) is 18.3 Å². The minimum atomic E-state index is -0.371. The number of aromatic nitrogens is 1. The van der Waals surface area contributed by atoms with E-state index in [-0.39, 0.29) is 17.6 Å². The van der Waals surface area contributed by atoms with Crippen molar-refractivity contribution in [1.82, 2.24) is 4.98 Å². The van der Waals surface area contributed by atoms with Gasteiger partial charge in [0.15, 0.2) is 10.9 Å². The number of thiazole rings is 1. The van der Waals surface area contributed by atoms with Crippen molar-refractivity contribution in [1.29, 1.82) is 0 Å². The fourth-order valence-electron chi connectivity index (χ4n) is 2.65. The highest BCUT2D eigenvalue weighted by molar-refractivity contribution is 9.10. The second-order valence-electron chi connectivity index (χ2n) is 6.01. The van der Waals surface area contributed by atoms with Crippen LogP contribution in [-0.4, -0.2) is 16.8 Å². The first kappa shape index (κ1) is 18.4. The number of carbonyl (C=O) groups excluding carboxylic acids is 2. The highest BCUT2D eigenvalue weighted by atomic mass is 79.9. The molecule has 2 amide bonds. The van der Waals surface area contributed by atoms with Gasteiger partial charge in [-0.25, -0.2) is 4.98 Å². The molecular weight excluding hydrogens is 442 g/mol. The Kier molecular flexibility index (Phi) is 4.97. The lowest BCUT2D eigenvalue weighted by atomic mass is 10.2. The van der Waals surface area contributed by atoms with Crippen LogP contribution in [0.3, 0.4) is 0 Å². The molecule has 0 aliphatic heterocycles. The van der Waals surface area contributed by atoms with Crippen LogP contribution in [0.5, 0.6) is 0 Å². The lowest BCUT2D eigenvalue weighted by Gasteiger charge is -1.99. The zero-order valence-electron chi connectivity index (χ0n) is 14.7. The fourth-order valence-corrected chi connectivity index (χ4v) is 3.81. The number of halogens is 1. The largest absolute Gasteiger partial charge is 0.451 e. The number of carbonyl (C=O) groups is 2. The topological polar surface area (TPSA) is 84.2 Å². The number of benzene rings is 2. The van der Waals surface area contributed by atoms with E-state index in [0.29, 0.717) is 16.6 Å². The zero-order valence-corrected chi connectivity index (χ0v) is 17.1. The Balaban J connectivity index is 1.52. The predicted molar refractivity (Wildman–Crippen MR) is 114 cm³/mol. The Labute approximate surface area is 172 Å². The Hall–Kier alpha value is -2.97. The Morgan fingerprint density at radius 3 is 2.57 bits per heavy atom. The van der Waals surface area contributed by atoms with Crippen LogP contribution in [0.2, 0.25) is 0 Å². The molecule has 0 radical (unpaired) electrons. The molecule has 0 atom stereocenters. The minimum Gasteiger partial charge on any atom is -0.451 e. The van der Waals surface area contributed by atoms with E-state index in [2.05, 4.69) is 31.5 Å². The molecule has 8 heteroatoms. The van der Waals surface area contributed by atoms with Crippen molar-refractivity contribution in [2.45, 2.75) is 6.92 Å². The first-order valence-electron chi connectivity index (χ1n) is 8.33. The number of nitrogens with one attached hydrogen (secondary N) is 2. The maximum Gasteiger partial charge on any atom is 0.293 e. The lowest BCUT2D eigenvalue weighted by Crippen LogP contribution is -2.10. The summed E-state index contributed by atoms with van der Waals surface area (Å²) in [4.78, 5) is 28.1. The van der Waals surface area contributed by atoms with Gasteiger partial charge in [0, 0.05) is 22.6 Å². The van der Waals surface area contributed by atoms with Crippen molar-refractivity contribution in [2.75, 3.05) is 10.6 Å². The highest BCUT2D eigenvalue weighted by Crippen LogP contribution is 2.29. The fraction of sp³-hybridized carbons (Fsp3) is 0.0500. The maximum atomic E-state index is 12.5. The smallest absolute Gasteiger partial charge is 0.293 e. The van der Waals surface area contributed by atoms with Crippen molar-refractivity contribution in [2.24, 2.45) is 0 Å². The van der Waals surface area contributed by atoms with Crippen LogP contribution in [0, 0.1) is 0 Å². The summed E-state index contributed by atoms with van der Waals surface area (Å²) in [7, 11) is 0. The highest BCUT2D eigenvalue weighted by Gasteiger charge is 2.15. The van der Waals surface area contributed by atoms with Gasteiger partial charge in [0.1, 0.15) is 5.76 Å². The number of fused-ring (bicyclic) bond motifs is 1. The molecule has 4 aromatic rings. The monoisotopic (exact) mass is 455 g/mol. The van der Waals surface area contributed by atoms with Gasteiger partial charge in [-0.1, -0.05) is 39.4 Å². The normalized spacial score (nSPS) is 10.8. The van der Waals surface area contributed by atoms with Gasteiger partial charge in [0.2, 0.25) is 5.91 Å². The molecule has 0 saturated carbocycles. The third kappa shape index (κ3) is 3.97. The van der Waals surface area contributed by atoms with Crippen molar-refractivity contribution in [3.05, 3.63) is 64.8 Å². The molecular formula is C20H14BrN3O3S. The average Bonchev–Trinajstić information content (AvgIpc) is 3.28. The number of rotatable bonds is 4. The van der Waals surface area contributed by atoms with Gasteiger partial charge in [-0.3, -0.25) is 14.9 Å². The van der Waals surface area contributed by atoms with E-state index in [1.54, 1.807) is 24.3 Å². The Morgan fingerprint density at radius 2 is 1.82 bits per heavy atom. The third-order valence-electron chi connectivity index (χ3n) is 3.89. The molecule has 6 nitrogen and oxygen atoms in total. The van der Waals surface area contributed by atoms with Crippen molar-refractivity contribution in [3.63, 3.8) is 0 Å². The average molecular weight is 456 g/mol. The molecule has 0 bridgehead atoms. The van der Waals surface area contributed by atoms with E-state index >= 15 is 0 Å². The van der Waals surface area contributed by atoms with E-state index in [4.69, 9.17) is 4.42 Å². The van der Waals surface area contributed by atoms with E-state index in [0.717, 1.165) is 20.3 Å². The molecule has 140 valence electrons. The molecule has 0 spiro atoms. The second-order valence-corrected chi connectivity index (χ2v) is 7.95. The molecule has 2 aromatic carbocycles. The standard InChI is InChI=1S/C20H14BrN3O3S/c1-11(25)22-14-6-7-15-18(10-14)28-20(23-15)24-19(26)17-9-8-16(27-17)12-2-4-13(21)5-3-12/h2-10H,1H3,(H,22,25)(H,23,24,26). The quantitative estimate of drug-likeness (QED) is 0.423. The molecule has 2 N–H and O–H groups in total. The van der Waals surface area contributed by atoms with Crippen LogP contribution < -0.4 is 10.6 Å². The second kappa shape index (κ2) is 7.57. The van der Waals surface area contributed by atoms with Crippen LogP contribution in [0.1, 0.15) is 17.5 Å². The summed E-state index contributed by atoms with van der Waals surface area (Å²) in [6.07, 6.45) is 0. The number of anilines is 2. The summed E-state index contributed by atoms with van der Waals surface area (Å²) >= 11 is 4.72. The van der Waals surface area contributed by atoms with Crippen molar-refractivity contribution in [3.8, 4) is 11.3 Å². The summed E-state index contributed by atoms with van der Waals surface area (Å²) in [5.74, 6) is 0.305. The Bertz CT molecular complexity index is 1180. The van der Waals surface area contributed by atoms with Gasteiger partial charge >= 0.3 is 0 Å². The molecule has 2 heterocycles. The number of hydrogen-bond donors (Lipinski definition) is 2. The minimum absolute atomic E-state index is 0.142. The van der Waals surface area contributed by atoms with Gasteiger partial charge in [-0.15, -0.1) is 0 Å². The van der Waals surface area contributed by atoms with Gasteiger partial charge in [-0.05, 0) is 42.5 Å². The Morgan fingerprint density at radius 1 is 1.04 bits per heavy atom. The molecule has 0 saturated heterocycles. The predicted octanol–water partition coefficient (Wildman–Crippen LogP) is 5.53. The number of furan rings is 1. The van der Waals surface area contributed by atoms with E-state index in [1.807, 2.05) is 30.3 Å². The number of nitrogens with zero attached hydrogens (tertiary/aromatic N) is 1. The first-order valence-corrected chi connectivity index (χ1v) is 9.94. The molecule has 0 aliphatic rings. The van der Waals surface area contributed by atoms with E-state index < -0.39 is 0 Å². The van der Waals surface area contributed by atoms with Crippen molar-refractivity contribution >= 4 is 60.1 Å². The zero-order chi connectivity index (χ0) is 19.7. The molecule has 2 aromatic heterocycles. The molecule has 0 unspecified atom stereocenters. The van der Waals surface area contributed by atoms with Gasteiger partial charge in [0.05, 0.1) is 10.2 Å². The number of hydrogen-bond acceptors (Lipinski definition) is 5.